The van der Waals surface area contributed by atoms with E-state index >= 15 is 0 Å². The van der Waals surface area contributed by atoms with Crippen LogP contribution in [0.2, 0.25) is 0 Å². The molecule has 0 amide bonds. The highest BCUT2D eigenvalue weighted by Crippen LogP contribution is 2.17. The highest BCUT2D eigenvalue weighted by Gasteiger charge is 2.06. The molecular formula is C11H11N3O2S. The van der Waals surface area contributed by atoms with Crippen molar-refractivity contribution in [1.82, 2.24) is 9.59 Å². The van der Waals surface area contributed by atoms with Gasteiger partial charge in [0.25, 0.3) is 0 Å². The summed E-state index contributed by atoms with van der Waals surface area (Å²) in [6, 6.07) is 5.00. The van der Waals surface area contributed by atoms with Gasteiger partial charge in [0, 0.05) is 11.1 Å². The van der Waals surface area contributed by atoms with Crippen molar-refractivity contribution in [3.8, 4) is 0 Å². The molecule has 0 fully saturated rings. The van der Waals surface area contributed by atoms with Crippen molar-refractivity contribution < 1.29 is 9.90 Å². The first-order chi connectivity index (χ1) is 8.16. The third-order valence-corrected chi connectivity index (χ3v) is 2.90. The van der Waals surface area contributed by atoms with Crippen LogP contribution in [0.5, 0.6) is 0 Å². The Balaban J connectivity index is 2.14. The third-order valence-electron chi connectivity index (χ3n) is 2.35. The Morgan fingerprint density at radius 1 is 1.53 bits per heavy atom. The summed E-state index contributed by atoms with van der Waals surface area (Å²) in [5.74, 6) is -0.927. The van der Waals surface area contributed by atoms with E-state index in [9.17, 15) is 4.79 Å². The minimum absolute atomic E-state index is 0.273. The highest BCUT2D eigenvalue weighted by molar-refractivity contribution is 7.03. The number of carboxylic acid groups (broad SMARTS) is 1. The van der Waals surface area contributed by atoms with Gasteiger partial charge in [-0.2, -0.15) is 0 Å². The number of carbonyl (C=O) groups is 1. The van der Waals surface area contributed by atoms with Crippen molar-refractivity contribution in [3.05, 3.63) is 40.4 Å². The zero-order valence-electron chi connectivity index (χ0n) is 9.17. The first-order valence-corrected chi connectivity index (χ1v) is 5.84. The Labute approximate surface area is 102 Å². The van der Waals surface area contributed by atoms with Crippen molar-refractivity contribution in [2.45, 2.75) is 13.5 Å². The van der Waals surface area contributed by atoms with E-state index in [1.165, 1.54) is 11.5 Å². The fourth-order valence-electron chi connectivity index (χ4n) is 1.39. The molecule has 5 nitrogen and oxygen atoms in total. The standard InChI is InChI=1S/C11H11N3O2S/c1-7-2-3-8(11(15)16)4-10(7)12-5-9-6-17-14-13-9/h2-4,6,12H,5H2,1H3,(H,15,16). The maximum atomic E-state index is 10.8. The van der Waals surface area contributed by atoms with E-state index in [4.69, 9.17) is 5.11 Å². The van der Waals surface area contributed by atoms with Gasteiger partial charge in [0.2, 0.25) is 0 Å². The van der Waals surface area contributed by atoms with Crippen LogP contribution in [-0.2, 0) is 6.54 Å². The average Bonchev–Trinajstić information content (AvgIpc) is 2.80. The van der Waals surface area contributed by atoms with Gasteiger partial charge in [0.1, 0.15) is 0 Å². The van der Waals surface area contributed by atoms with Crippen molar-refractivity contribution in [2.24, 2.45) is 0 Å². The molecule has 0 unspecified atom stereocenters. The van der Waals surface area contributed by atoms with Crippen LogP contribution in [0.15, 0.2) is 23.6 Å². The van der Waals surface area contributed by atoms with Crippen LogP contribution in [0.1, 0.15) is 21.6 Å². The van der Waals surface area contributed by atoms with Crippen LogP contribution in [-0.4, -0.2) is 20.7 Å². The predicted octanol–water partition coefficient (Wildman–Crippen LogP) is 2.16. The van der Waals surface area contributed by atoms with E-state index in [0.717, 1.165) is 16.9 Å². The minimum atomic E-state index is -0.927. The monoisotopic (exact) mass is 249 g/mol. The highest BCUT2D eigenvalue weighted by atomic mass is 32.1. The lowest BCUT2D eigenvalue weighted by Crippen LogP contribution is -2.04. The normalized spacial score (nSPS) is 10.2. The van der Waals surface area contributed by atoms with Crippen molar-refractivity contribution in [1.29, 1.82) is 0 Å². The summed E-state index contributed by atoms with van der Waals surface area (Å²) in [6.45, 7) is 2.47. The van der Waals surface area contributed by atoms with E-state index in [-0.39, 0.29) is 5.56 Å². The molecule has 2 aromatic rings. The van der Waals surface area contributed by atoms with Crippen LogP contribution in [0, 0.1) is 6.92 Å². The van der Waals surface area contributed by atoms with Gasteiger partial charge in [0.15, 0.2) is 0 Å². The molecule has 0 spiro atoms. The Hall–Kier alpha value is -1.95. The molecule has 17 heavy (non-hydrogen) atoms. The summed E-state index contributed by atoms with van der Waals surface area (Å²) >= 11 is 1.29. The van der Waals surface area contributed by atoms with Crippen LogP contribution in [0.25, 0.3) is 0 Å². The second-order valence-corrected chi connectivity index (χ2v) is 4.19. The number of hydrogen-bond donors (Lipinski definition) is 2. The molecule has 1 heterocycles. The number of aryl methyl sites for hydroxylation is 1. The van der Waals surface area contributed by atoms with Crippen LogP contribution >= 0.6 is 11.5 Å². The van der Waals surface area contributed by atoms with Gasteiger partial charge >= 0.3 is 5.97 Å². The zero-order valence-corrected chi connectivity index (χ0v) is 9.99. The average molecular weight is 249 g/mol. The molecule has 0 saturated carbocycles. The molecule has 88 valence electrons. The third kappa shape index (κ3) is 2.79. The van der Waals surface area contributed by atoms with E-state index in [1.54, 1.807) is 18.2 Å². The summed E-state index contributed by atoms with van der Waals surface area (Å²) in [7, 11) is 0. The maximum absolute atomic E-state index is 10.8. The van der Waals surface area contributed by atoms with Gasteiger partial charge in [-0.1, -0.05) is 10.6 Å². The van der Waals surface area contributed by atoms with Gasteiger partial charge in [-0.15, -0.1) is 5.10 Å². The molecule has 0 bridgehead atoms. The van der Waals surface area contributed by atoms with Crippen molar-refractivity contribution in [2.75, 3.05) is 5.32 Å². The predicted molar refractivity (Wildman–Crippen MR) is 65.4 cm³/mol. The Bertz CT molecular complexity index is 526. The molecule has 0 saturated heterocycles. The molecule has 2 rings (SSSR count). The number of nitrogens with one attached hydrogen (secondary N) is 1. The van der Waals surface area contributed by atoms with Gasteiger partial charge < -0.3 is 10.4 Å². The maximum Gasteiger partial charge on any atom is 0.335 e. The molecule has 0 atom stereocenters. The quantitative estimate of drug-likeness (QED) is 0.868. The lowest BCUT2D eigenvalue weighted by atomic mass is 10.1. The SMILES string of the molecule is Cc1ccc(C(=O)O)cc1NCc1csnn1. The van der Waals surface area contributed by atoms with Crippen LogP contribution in [0.4, 0.5) is 5.69 Å². The number of nitrogens with zero attached hydrogens (tertiary/aromatic N) is 2. The molecule has 1 aromatic carbocycles. The summed E-state index contributed by atoms with van der Waals surface area (Å²) in [5.41, 5.74) is 2.92. The fourth-order valence-corrected chi connectivity index (χ4v) is 1.84. The van der Waals surface area contributed by atoms with Gasteiger partial charge in [0.05, 0.1) is 17.8 Å². The smallest absolute Gasteiger partial charge is 0.335 e. The van der Waals surface area contributed by atoms with E-state index < -0.39 is 5.97 Å². The number of carboxylic acids is 1. The summed E-state index contributed by atoms with van der Waals surface area (Å²) in [5, 5.41) is 17.8. The molecule has 0 aliphatic heterocycles. The minimum Gasteiger partial charge on any atom is -0.478 e. The Kier molecular flexibility index (Phi) is 3.34. The number of benzene rings is 1. The second kappa shape index (κ2) is 4.92. The number of aromatic carboxylic acids is 1. The van der Waals surface area contributed by atoms with Gasteiger partial charge in [-0.3, -0.25) is 0 Å². The summed E-state index contributed by atoms with van der Waals surface area (Å²) < 4.78 is 3.76. The van der Waals surface area contributed by atoms with Gasteiger partial charge in [-0.05, 0) is 36.2 Å². The first kappa shape index (κ1) is 11.5. The molecule has 1 aromatic heterocycles. The number of hydrogen-bond acceptors (Lipinski definition) is 5. The van der Waals surface area contributed by atoms with E-state index in [2.05, 4.69) is 14.9 Å². The largest absolute Gasteiger partial charge is 0.478 e. The lowest BCUT2D eigenvalue weighted by Gasteiger charge is -2.08. The molecule has 0 radical (unpaired) electrons. The summed E-state index contributed by atoms with van der Waals surface area (Å²) in [6.07, 6.45) is 0. The van der Waals surface area contributed by atoms with Gasteiger partial charge in [-0.25, -0.2) is 4.79 Å². The molecule has 0 aliphatic rings. The fraction of sp³-hybridized carbons (Fsp3) is 0.182. The Morgan fingerprint density at radius 2 is 2.35 bits per heavy atom. The zero-order chi connectivity index (χ0) is 12.3. The molecular weight excluding hydrogens is 238 g/mol. The molecule has 2 N–H and O–H groups in total. The number of rotatable bonds is 4. The van der Waals surface area contributed by atoms with Crippen LogP contribution < -0.4 is 5.32 Å². The summed E-state index contributed by atoms with van der Waals surface area (Å²) in [4.78, 5) is 10.8. The Morgan fingerprint density at radius 3 is 3.00 bits per heavy atom. The van der Waals surface area contributed by atoms with E-state index in [0.29, 0.717) is 6.54 Å². The number of anilines is 1. The topological polar surface area (TPSA) is 75.1 Å². The van der Waals surface area contributed by atoms with Crippen molar-refractivity contribution in [3.63, 3.8) is 0 Å². The van der Waals surface area contributed by atoms with Crippen LogP contribution in [0.3, 0.4) is 0 Å². The molecule has 6 heteroatoms. The van der Waals surface area contributed by atoms with E-state index in [1.807, 2.05) is 12.3 Å². The first-order valence-electron chi connectivity index (χ1n) is 5.00. The number of aromatic nitrogens is 2. The second-order valence-electron chi connectivity index (χ2n) is 3.58. The lowest BCUT2D eigenvalue weighted by molar-refractivity contribution is 0.0697. The molecule has 0 aliphatic carbocycles. The van der Waals surface area contributed by atoms with Crippen molar-refractivity contribution >= 4 is 23.2 Å².